The highest BCUT2D eigenvalue weighted by molar-refractivity contribution is 5.68. The van der Waals surface area contributed by atoms with Gasteiger partial charge in [-0.05, 0) is 34.6 Å². The van der Waals surface area contributed by atoms with Crippen molar-refractivity contribution in [2.75, 3.05) is 0 Å². The first-order chi connectivity index (χ1) is 9.07. The average molecular weight is 285 g/mol. The number of rotatable bonds is 1. The molecule has 0 aromatic heterocycles. The van der Waals surface area contributed by atoms with Crippen LogP contribution in [0.5, 0.6) is 0 Å². The van der Waals surface area contributed by atoms with Gasteiger partial charge in [-0.15, -0.1) is 0 Å². The quantitative estimate of drug-likeness (QED) is 0.711. The number of ether oxygens (including phenoxy) is 3. The van der Waals surface area contributed by atoms with Crippen molar-refractivity contribution in [2.45, 2.75) is 70.4 Å². The van der Waals surface area contributed by atoms with Gasteiger partial charge in [-0.3, -0.25) is 0 Å². The molecule has 0 aromatic carbocycles. The Morgan fingerprint density at radius 1 is 1.25 bits per heavy atom. The van der Waals surface area contributed by atoms with Crippen molar-refractivity contribution >= 4 is 6.09 Å². The Kier molecular flexibility index (Phi) is 3.83. The number of amides is 1. The molecule has 20 heavy (non-hydrogen) atoms. The third-order valence-corrected chi connectivity index (χ3v) is 3.05. The Labute approximate surface area is 119 Å². The number of aliphatic hydroxyl groups excluding tert-OH is 1. The predicted octanol–water partition coefficient (Wildman–Crippen LogP) is 1.33. The van der Waals surface area contributed by atoms with Crippen LogP contribution >= 0.6 is 0 Å². The summed E-state index contributed by atoms with van der Waals surface area (Å²) in [5, 5.41) is 12.7. The fourth-order valence-electron chi connectivity index (χ4n) is 2.39. The summed E-state index contributed by atoms with van der Waals surface area (Å²) in [4.78, 5) is 11.8. The van der Waals surface area contributed by atoms with Crippen molar-refractivity contribution in [1.82, 2.24) is 5.32 Å². The standard InChI is InChI=1S/C14H23NO5/c1-13(2,3)20-12(17)15-8-6-7-9(16)11-10(8)18-14(4,5)19-11/h6-11,16H,1-5H3,(H,15,17). The summed E-state index contributed by atoms with van der Waals surface area (Å²) in [5.74, 6) is -0.782. The molecule has 1 fully saturated rings. The lowest BCUT2D eigenvalue weighted by molar-refractivity contribution is -0.152. The summed E-state index contributed by atoms with van der Waals surface area (Å²) in [7, 11) is 0. The molecule has 0 aromatic rings. The van der Waals surface area contributed by atoms with Crippen molar-refractivity contribution < 1.29 is 24.1 Å². The molecule has 1 heterocycles. The van der Waals surface area contributed by atoms with Crippen LogP contribution in [0, 0.1) is 0 Å². The summed E-state index contributed by atoms with van der Waals surface area (Å²) < 4.78 is 16.7. The second-order valence-corrected chi connectivity index (χ2v) is 6.61. The molecule has 4 unspecified atom stereocenters. The first-order valence-electron chi connectivity index (χ1n) is 6.79. The number of carbonyl (C=O) groups excluding carboxylic acids is 1. The van der Waals surface area contributed by atoms with Crippen LogP contribution < -0.4 is 5.32 Å². The van der Waals surface area contributed by atoms with E-state index >= 15 is 0 Å². The van der Waals surface area contributed by atoms with Gasteiger partial charge in [-0.25, -0.2) is 4.79 Å². The molecule has 2 aliphatic rings. The van der Waals surface area contributed by atoms with E-state index in [0.29, 0.717) is 0 Å². The number of hydrogen-bond acceptors (Lipinski definition) is 5. The Bertz CT molecular complexity index is 412. The van der Waals surface area contributed by atoms with Gasteiger partial charge in [-0.1, -0.05) is 12.2 Å². The van der Waals surface area contributed by atoms with Gasteiger partial charge in [0.05, 0.1) is 6.04 Å². The monoisotopic (exact) mass is 285 g/mol. The molecule has 114 valence electrons. The molecule has 1 amide bonds. The van der Waals surface area contributed by atoms with Crippen molar-refractivity contribution in [3.05, 3.63) is 12.2 Å². The highest BCUT2D eigenvalue weighted by Crippen LogP contribution is 2.34. The van der Waals surface area contributed by atoms with Crippen LogP contribution in [0.3, 0.4) is 0 Å². The maximum Gasteiger partial charge on any atom is 0.408 e. The lowest BCUT2D eigenvalue weighted by atomic mass is 9.94. The van der Waals surface area contributed by atoms with Gasteiger partial charge in [0.25, 0.3) is 0 Å². The van der Waals surface area contributed by atoms with Crippen molar-refractivity contribution in [1.29, 1.82) is 0 Å². The van der Waals surface area contributed by atoms with Crippen LogP contribution in [0.25, 0.3) is 0 Å². The van der Waals surface area contributed by atoms with Gasteiger partial charge in [0.15, 0.2) is 5.79 Å². The minimum Gasteiger partial charge on any atom is -0.444 e. The van der Waals surface area contributed by atoms with Crippen molar-refractivity contribution in [2.24, 2.45) is 0 Å². The number of nitrogens with one attached hydrogen (secondary N) is 1. The minimum atomic E-state index is -0.782. The van der Waals surface area contributed by atoms with Crippen LogP contribution in [0.4, 0.5) is 4.79 Å². The van der Waals surface area contributed by atoms with Crippen LogP contribution in [0.2, 0.25) is 0 Å². The molecule has 2 rings (SSSR count). The van der Waals surface area contributed by atoms with Gasteiger partial charge >= 0.3 is 6.09 Å². The number of fused-ring (bicyclic) bond motifs is 1. The fourth-order valence-corrected chi connectivity index (χ4v) is 2.39. The zero-order valence-corrected chi connectivity index (χ0v) is 12.5. The van der Waals surface area contributed by atoms with Gasteiger partial charge in [0.2, 0.25) is 0 Å². The highest BCUT2D eigenvalue weighted by Gasteiger charge is 2.49. The lowest BCUT2D eigenvalue weighted by Crippen LogP contribution is -2.52. The molecular weight excluding hydrogens is 262 g/mol. The van der Waals surface area contributed by atoms with Crippen LogP contribution in [0.1, 0.15) is 34.6 Å². The first-order valence-corrected chi connectivity index (χ1v) is 6.79. The van der Waals surface area contributed by atoms with E-state index in [4.69, 9.17) is 14.2 Å². The molecule has 0 radical (unpaired) electrons. The Hall–Kier alpha value is -1.11. The molecule has 2 N–H and O–H groups in total. The van der Waals surface area contributed by atoms with Crippen LogP contribution in [0.15, 0.2) is 12.2 Å². The van der Waals surface area contributed by atoms with Crippen molar-refractivity contribution in [3.63, 3.8) is 0 Å². The maximum atomic E-state index is 11.8. The van der Waals surface area contributed by atoms with E-state index in [1.54, 1.807) is 46.8 Å². The second-order valence-electron chi connectivity index (χ2n) is 6.61. The largest absolute Gasteiger partial charge is 0.444 e. The Balaban J connectivity index is 2.05. The normalized spacial score (nSPS) is 35.5. The zero-order valence-electron chi connectivity index (χ0n) is 12.5. The fraction of sp³-hybridized carbons (Fsp3) is 0.786. The van der Waals surface area contributed by atoms with E-state index in [0.717, 1.165) is 0 Å². The third-order valence-electron chi connectivity index (χ3n) is 3.05. The van der Waals surface area contributed by atoms with E-state index in [2.05, 4.69) is 5.32 Å². The molecule has 0 saturated carbocycles. The summed E-state index contributed by atoms with van der Waals surface area (Å²) in [6, 6.07) is -0.389. The van der Waals surface area contributed by atoms with Gasteiger partial charge in [0.1, 0.15) is 23.9 Å². The summed E-state index contributed by atoms with van der Waals surface area (Å²) in [6.07, 6.45) is 1.13. The first kappa shape index (κ1) is 15.3. The zero-order chi connectivity index (χ0) is 15.1. The molecule has 4 atom stereocenters. The van der Waals surface area contributed by atoms with Gasteiger partial charge in [0, 0.05) is 0 Å². The predicted molar refractivity (Wildman–Crippen MR) is 72.1 cm³/mol. The molecule has 6 heteroatoms. The van der Waals surface area contributed by atoms with E-state index < -0.39 is 35.8 Å². The van der Waals surface area contributed by atoms with Gasteiger partial charge < -0.3 is 24.6 Å². The van der Waals surface area contributed by atoms with E-state index in [1.807, 2.05) is 0 Å². The highest BCUT2D eigenvalue weighted by atomic mass is 16.8. The summed E-state index contributed by atoms with van der Waals surface area (Å²) in [6.45, 7) is 8.96. The topological polar surface area (TPSA) is 77.0 Å². The smallest absolute Gasteiger partial charge is 0.408 e. The number of carbonyl (C=O) groups is 1. The SMILES string of the molecule is CC(C)(C)OC(=O)NC1C=CC(O)C2OC(C)(C)OC12. The molecule has 0 spiro atoms. The van der Waals surface area contributed by atoms with Crippen LogP contribution in [-0.2, 0) is 14.2 Å². The molecule has 6 nitrogen and oxygen atoms in total. The van der Waals surface area contributed by atoms with Gasteiger partial charge in [-0.2, -0.15) is 0 Å². The number of alkyl carbamates (subject to hydrolysis) is 1. The van der Waals surface area contributed by atoms with E-state index in [1.165, 1.54) is 0 Å². The Morgan fingerprint density at radius 2 is 1.85 bits per heavy atom. The Morgan fingerprint density at radius 3 is 2.45 bits per heavy atom. The van der Waals surface area contributed by atoms with E-state index in [-0.39, 0.29) is 6.04 Å². The third kappa shape index (κ3) is 3.50. The lowest BCUT2D eigenvalue weighted by Gasteiger charge is -2.31. The van der Waals surface area contributed by atoms with Crippen LogP contribution in [-0.4, -0.2) is 46.9 Å². The minimum absolute atomic E-state index is 0.389. The number of aliphatic hydroxyl groups is 1. The molecular formula is C14H23NO5. The summed E-state index contributed by atoms with van der Waals surface area (Å²) >= 11 is 0. The van der Waals surface area contributed by atoms with Crippen molar-refractivity contribution in [3.8, 4) is 0 Å². The van der Waals surface area contributed by atoms with E-state index in [9.17, 15) is 9.90 Å². The summed E-state index contributed by atoms with van der Waals surface area (Å²) in [5.41, 5.74) is -0.562. The number of hydrogen-bond donors (Lipinski definition) is 2. The second kappa shape index (κ2) is 5.02. The molecule has 0 bridgehead atoms. The average Bonchev–Trinajstić information content (AvgIpc) is 2.56. The molecule has 1 saturated heterocycles. The molecule has 1 aliphatic heterocycles. The maximum absolute atomic E-state index is 11.8. The molecule has 1 aliphatic carbocycles.